The van der Waals surface area contributed by atoms with Crippen molar-refractivity contribution in [2.75, 3.05) is 49.9 Å². The molecule has 5 amide bonds. The molecule has 0 heterocycles. The Morgan fingerprint density at radius 3 is 1.44 bits per heavy atom. The van der Waals surface area contributed by atoms with Crippen molar-refractivity contribution in [3.63, 3.8) is 0 Å². The van der Waals surface area contributed by atoms with E-state index in [1.807, 2.05) is 24.3 Å². The van der Waals surface area contributed by atoms with Crippen LogP contribution in [0.15, 0.2) is 24.3 Å². The summed E-state index contributed by atoms with van der Waals surface area (Å²) < 4.78 is 0. The maximum atomic E-state index is 12.2. The number of hydrogen-bond acceptors (Lipinski definition) is 10. The largest absolute Gasteiger partial charge is 0.380 e. The number of carbonyl (C=O) groups is 5. The third-order valence-corrected chi connectivity index (χ3v) is 8.90. The molecular formula is C37H64N8O8S. The molecule has 0 spiro atoms. The van der Waals surface area contributed by atoms with E-state index in [2.05, 4.69) is 47.4 Å². The SMILES string of the molecule is CCC(C)(C)Nc1ccc(NC(=S)NCCCCCN(O)C(=O)CCC(=O)NCCCCCN(O)C(=O)CCC(=O)NCCCCCN(O)C(C)=O)cc1. The average molecular weight is 781 g/mol. The Balaban J connectivity index is 2.04. The van der Waals surface area contributed by atoms with Crippen LogP contribution in [-0.4, -0.2) is 110 Å². The van der Waals surface area contributed by atoms with Crippen LogP contribution in [-0.2, 0) is 24.0 Å². The van der Waals surface area contributed by atoms with Gasteiger partial charge in [0.25, 0.3) is 0 Å². The lowest BCUT2D eigenvalue weighted by Gasteiger charge is -2.26. The van der Waals surface area contributed by atoms with Gasteiger partial charge in [0.1, 0.15) is 0 Å². The van der Waals surface area contributed by atoms with Gasteiger partial charge in [-0.25, -0.2) is 15.2 Å². The second-order valence-corrected chi connectivity index (χ2v) is 14.3. The summed E-state index contributed by atoms with van der Waals surface area (Å²) in [6.45, 7) is 9.66. The molecule has 0 bridgehead atoms. The lowest BCUT2D eigenvalue weighted by Crippen LogP contribution is -2.31. The highest BCUT2D eigenvalue weighted by molar-refractivity contribution is 7.80. The molecule has 0 aromatic heterocycles. The second-order valence-electron chi connectivity index (χ2n) is 13.9. The molecule has 0 aliphatic rings. The van der Waals surface area contributed by atoms with E-state index in [4.69, 9.17) is 12.2 Å². The van der Waals surface area contributed by atoms with Gasteiger partial charge in [0.2, 0.25) is 29.5 Å². The van der Waals surface area contributed by atoms with Crippen LogP contribution in [0, 0.1) is 0 Å². The molecule has 0 aliphatic heterocycles. The van der Waals surface area contributed by atoms with Gasteiger partial charge in [-0.1, -0.05) is 6.92 Å². The first-order chi connectivity index (χ1) is 25.6. The lowest BCUT2D eigenvalue weighted by atomic mass is 10.0. The van der Waals surface area contributed by atoms with Crippen LogP contribution in [0.25, 0.3) is 0 Å². The second kappa shape index (κ2) is 27.5. The zero-order valence-corrected chi connectivity index (χ0v) is 33.4. The molecule has 8 N–H and O–H groups in total. The highest BCUT2D eigenvalue weighted by atomic mass is 32.1. The van der Waals surface area contributed by atoms with E-state index >= 15 is 0 Å². The van der Waals surface area contributed by atoms with Crippen molar-refractivity contribution in [1.82, 2.24) is 31.1 Å². The lowest BCUT2D eigenvalue weighted by molar-refractivity contribution is -0.166. The molecule has 0 radical (unpaired) electrons. The Morgan fingerprint density at radius 1 is 0.611 bits per heavy atom. The van der Waals surface area contributed by atoms with Crippen LogP contribution in [0.2, 0.25) is 0 Å². The van der Waals surface area contributed by atoms with Crippen molar-refractivity contribution in [2.45, 2.75) is 123 Å². The van der Waals surface area contributed by atoms with Gasteiger partial charge in [-0.15, -0.1) is 0 Å². The molecule has 0 aliphatic carbocycles. The highest BCUT2D eigenvalue weighted by Crippen LogP contribution is 2.20. The number of thiocarbonyl (C=S) groups is 1. The van der Waals surface area contributed by atoms with Crippen LogP contribution in [0.1, 0.15) is 118 Å². The number of unbranched alkanes of at least 4 members (excludes halogenated alkanes) is 6. The number of amides is 5. The zero-order chi connectivity index (χ0) is 40.4. The van der Waals surface area contributed by atoms with Gasteiger partial charge in [0.05, 0.1) is 0 Å². The first kappa shape index (κ1) is 48.0. The van der Waals surface area contributed by atoms with E-state index in [1.54, 1.807) is 0 Å². The van der Waals surface area contributed by atoms with Crippen LogP contribution in [0.5, 0.6) is 0 Å². The number of hydroxylamine groups is 6. The van der Waals surface area contributed by atoms with Gasteiger partial charge in [0, 0.05) is 88.8 Å². The van der Waals surface area contributed by atoms with Gasteiger partial charge in [0.15, 0.2) is 5.11 Å². The minimum absolute atomic E-state index is 0.0192. The van der Waals surface area contributed by atoms with Crippen LogP contribution < -0.4 is 26.6 Å². The van der Waals surface area contributed by atoms with Crippen molar-refractivity contribution in [1.29, 1.82) is 0 Å². The maximum Gasteiger partial charge on any atom is 0.246 e. The van der Waals surface area contributed by atoms with Crippen LogP contribution >= 0.6 is 12.2 Å². The predicted octanol–water partition coefficient (Wildman–Crippen LogP) is 4.55. The summed E-state index contributed by atoms with van der Waals surface area (Å²) in [6, 6.07) is 7.95. The first-order valence-corrected chi connectivity index (χ1v) is 19.5. The molecule has 0 saturated heterocycles. The fraction of sp³-hybridized carbons (Fsp3) is 0.676. The van der Waals surface area contributed by atoms with Gasteiger partial charge >= 0.3 is 0 Å². The molecule has 0 atom stereocenters. The Hall–Kier alpha value is -4.06. The minimum atomic E-state index is -0.555. The Morgan fingerprint density at radius 2 is 1.02 bits per heavy atom. The van der Waals surface area contributed by atoms with Crippen molar-refractivity contribution < 1.29 is 39.6 Å². The van der Waals surface area contributed by atoms with Gasteiger partial charge in [-0.2, -0.15) is 0 Å². The molecule has 0 unspecified atom stereocenters. The summed E-state index contributed by atoms with van der Waals surface area (Å²) in [5.74, 6) is -2.10. The van der Waals surface area contributed by atoms with Gasteiger partial charge in [-0.3, -0.25) is 39.6 Å². The van der Waals surface area contributed by atoms with E-state index in [0.29, 0.717) is 84.9 Å². The molecule has 16 nitrogen and oxygen atoms in total. The summed E-state index contributed by atoms with van der Waals surface area (Å²) in [4.78, 5) is 59.3. The molecule has 1 aromatic carbocycles. The standard InChI is InChI=1S/C37H64N8O8S/c1-5-37(3,4)42-31-17-15-30(16-18-31)41-36(54)40-25-11-8-14-28-45(53)35(50)22-20-33(48)39-24-10-7-13-27-44(52)34(49)21-19-32(47)38-23-9-6-12-26-43(51)29(2)46/h15-18,42,51-53H,5-14,19-28H2,1-4H3,(H,38,47)(H,39,48)(H2,40,41,54). The molecule has 17 heteroatoms. The Kier molecular flexibility index (Phi) is 24.4. The number of rotatable bonds is 28. The monoisotopic (exact) mass is 780 g/mol. The van der Waals surface area contributed by atoms with Crippen molar-refractivity contribution in [3.8, 4) is 0 Å². The molecular weight excluding hydrogens is 717 g/mol. The average Bonchev–Trinajstić information content (AvgIpc) is 3.13. The molecule has 0 fully saturated rings. The number of benzene rings is 1. The quantitative estimate of drug-likeness (QED) is 0.0255. The summed E-state index contributed by atoms with van der Waals surface area (Å²) in [5, 5.41) is 47.0. The normalized spacial score (nSPS) is 10.9. The minimum Gasteiger partial charge on any atom is -0.380 e. The topological polar surface area (TPSA) is 216 Å². The number of anilines is 2. The molecule has 306 valence electrons. The fourth-order valence-electron chi connectivity index (χ4n) is 4.92. The Bertz CT molecular complexity index is 1300. The molecule has 1 aromatic rings. The number of carbonyl (C=O) groups excluding carboxylic acids is 5. The van der Waals surface area contributed by atoms with Gasteiger partial charge < -0.3 is 26.6 Å². The third-order valence-electron chi connectivity index (χ3n) is 8.65. The van der Waals surface area contributed by atoms with Crippen molar-refractivity contribution >= 4 is 58.2 Å². The maximum absolute atomic E-state index is 12.2. The smallest absolute Gasteiger partial charge is 0.246 e. The Labute approximate surface area is 325 Å². The van der Waals surface area contributed by atoms with E-state index in [9.17, 15) is 39.6 Å². The number of nitrogens with zero attached hydrogens (tertiary/aromatic N) is 3. The zero-order valence-electron chi connectivity index (χ0n) is 32.6. The van der Waals surface area contributed by atoms with Crippen LogP contribution in [0.4, 0.5) is 11.4 Å². The summed E-state index contributed by atoms with van der Waals surface area (Å²) in [6.07, 6.45) is 6.57. The third kappa shape index (κ3) is 23.6. The van der Waals surface area contributed by atoms with E-state index in [0.717, 1.165) is 30.6 Å². The fourth-order valence-corrected chi connectivity index (χ4v) is 5.14. The van der Waals surface area contributed by atoms with Crippen LogP contribution in [0.3, 0.4) is 0 Å². The number of nitrogens with one attached hydrogen (secondary N) is 5. The molecule has 54 heavy (non-hydrogen) atoms. The molecule has 1 rings (SSSR count). The number of hydrogen-bond donors (Lipinski definition) is 8. The van der Waals surface area contributed by atoms with Crippen molar-refractivity contribution in [2.24, 2.45) is 0 Å². The van der Waals surface area contributed by atoms with Gasteiger partial charge in [-0.05, 0) is 115 Å². The van der Waals surface area contributed by atoms with E-state index in [1.165, 1.54) is 6.92 Å². The highest BCUT2D eigenvalue weighted by Gasteiger charge is 2.16. The van der Waals surface area contributed by atoms with E-state index in [-0.39, 0.29) is 62.7 Å². The summed E-state index contributed by atoms with van der Waals surface area (Å²) in [7, 11) is 0. The summed E-state index contributed by atoms with van der Waals surface area (Å²) in [5.41, 5.74) is 1.95. The molecule has 0 saturated carbocycles. The van der Waals surface area contributed by atoms with Crippen molar-refractivity contribution in [3.05, 3.63) is 24.3 Å². The predicted molar refractivity (Wildman–Crippen MR) is 211 cm³/mol. The van der Waals surface area contributed by atoms with E-state index < -0.39 is 17.7 Å². The first-order valence-electron chi connectivity index (χ1n) is 19.1. The summed E-state index contributed by atoms with van der Waals surface area (Å²) >= 11 is 5.38.